The summed E-state index contributed by atoms with van der Waals surface area (Å²) in [5.41, 5.74) is 0. The second-order valence-corrected chi connectivity index (χ2v) is 1.81. The monoisotopic (exact) mass is 141 g/mol. The van der Waals surface area contributed by atoms with Crippen molar-refractivity contribution in [2.24, 2.45) is 0 Å². The van der Waals surface area contributed by atoms with Crippen LogP contribution in [0.25, 0.3) is 0 Å². The Morgan fingerprint density at radius 1 is 1.50 bits per heavy atom. The fourth-order valence-electron chi connectivity index (χ4n) is 0.0816. The summed E-state index contributed by atoms with van der Waals surface area (Å²) in [4.78, 5) is 27.5. The molecule has 8 heavy (non-hydrogen) atoms. The third-order valence-corrected chi connectivity index (χ3v) is 0.500. The first kappa shape index (κ1) is 7.35. The molecule has 0 saturated heterocycles. The maximum Gasteiger partial charge on any atom is 0.298 e. The molecule has 0 N–H and O–H groups in total. The van der Waals surface area contributed by atoms with Crippen molar-refractivity contribution in [1.82, 2.24) is 0 Å². The normalized spacial score (nSPS) is 10.8. The Labute approximate surface area is 43.2 Å². The standard InChI is InChI=1S/H2NO6P/c2-1(3)7-8(4,5)6/h(H2,4,5,6)/p-2. The summed E-state index contributed by atoms with van der Waals surface area (Å²) in [5.74, 6) is 0. The second-order valence-electron chi connectivity index (χ2n) is 0.752. The van der Waals surface area contributed by atoms with E-state index in [-0.39, 0.29) is 0 Å². The highest BCUT2D eigenvalue weighted by molar-refractivity contribution is 7.43. The second kappa shape index (κ2) is 2.08. The first-order valence-electron chi connectivity index (χ1n) is 1.28. The quantitative estimate of drug-likeness (QED) is 0.250. The Morgan fingerprint density at radius 2 is 1.88 bits per heavy atom. The van der Waals surface area contributed by atoms with E-state index in [1.54, 1.807) is 0 Å². The van der Waals surface area contributed by atoms with Crippen LogP contribution in [0.15, 0.2) is 0 Å². The van der Waals surface area contributed by atoms with Gasteiger partial charge in [0.05, 0.1) is 0 Å². The number of rotatable bonds is 2. The lowest BCUT2D eigenvalue weighted by molar-refractivity contribution is -0.731. The lowest BCUT2D eigenvalue weighted by Gasteiger charge is -2.24. The van der Waals surface area contributed by atoms with E-state index in [0.717, 1.165) is 0 Å². The first-order valence-corrected chi connectivity index (χ1v) is 2.74. The molecule has 0 aliphatic carbocycles. The lowest BCUT2D eigenvalue weighted by Crippen LogP contribution is -2.18. The van der Waals surface area contributed by atoms with Crippen LogP contribution in [-0.4, -0.2) is 5.09 Å². The molecule has 0 fully saturated rings. The molecule has 8 heteroatoms. The summed E-state index contributed by atoms with van der Waals surface area (Å²) >= 11 is 0. The molecule has 0 aromatic heterocycles. The zero-order valence-corrected chi connectivity index (χ0v) is 4.24. The summed E-state index contributed by atoms with van der Waals surface area (Å²) < 4.78 is 11.9. The Morgan fingerprint density at radius 3 is 1.88 bits per heavy atom. The van der Waals surface area contributed by atoms with E-state index in [1.165, 1.54) is 0 Å². The average Bonchev–Trinajstić information content (AvgIpc) is 1.21. The molecule has 0 saturated carbocycles. The van der Waals surface area contributed by atoms with Gasteiger partial charge in [0, 0.05) is 0 Å². The fourth-order valence-corrected chi connectivity index (χ4v) is 0.245. The van der Waals surface area contributed by atoms with Gasteiger partial charge in [-0.15, -0.1) is 10.1 Å². The van der Waals surface area contributed by atoms with Gasteiger partial charge in [-0.05, 0) is 0 Å². The van der Waals surface area contributed by atoms with Crippen LogP contribution in [0.1, 0.15) is 0 Å². The van der Waals surface area contributed by atoms with E-state index in [4.69, 9.17) is 10.1 Å². The summed E-state index contributed by atoms with van der Waals surface area (Å²) in [6.07, 6.45) is 0. The zero-order valence-electron chi connectivity index (χ0n) is 3.34. The first-order chi connectivity index (χ1) is 3.42. The minimum absolute atomic E-state index is 1.68. The van der Waals surface area contributed by atoms with Crippen molar-refractivity contribution in [3.05, 3.63) is 10.1 Å². The molecule has 0 heterocycles. The van der Waals surface area contributed by atoms with Crippen LogP contribution in [0.2, 0.25) is 0 Å². The van der Waals surface area contributed by atoms with Gasteiger partial charge in [0.15, 0.2) is 0 Å². The molecule has 0 amide bonds. The molecule has 0 aliphatic rings. The number of hydrogen-bond donors (Lipinski definition) is 0. The predicted octanol–water partition coefficient (Wildman–Crippen LogP) is -1.98. The Bertz CT molecular complexity index is 131. The van der Waals surface area contributed by atoms with Gasteiger partial charge in [-0.3, -0.25) is 4.62 Å². The topological polar surface area (TPSA) is 116 Å². The van der Waals surface area contributed by atoms with Crippen molar-refractivity contribution in [2.45, 2.75) is 0 Å². The molecule has 0 aromatic carbocycles. The molecule has 0 aliphatic heterocycles. The van der Waals surface area contributed by atoms with E-state index < -0.39 is 12.9 Å². The molecular weight excluding hydrogens is 141 g/mol. The minimum Gasteiger partial charge on any atom is -0.791 e. The molecule has 0 aromatic rings. The Hall–Kier alpha value is -0.650. The maximum atomic E-state index is 9.25. The molecule has 0 rings (SSSR count). The molecule has 0 bridgehead atoms. The number of hydrogen-bond acceptors (Lipinski definition) is 6. The van der Waals surface area contributed by atoms with Crippen molar-refractivity contribution >= 4 is 7.82 Å². The highest BCUT2D eigenvalue weighted by atomic mass is 31.2. The van der Waals surface area contributed by atoms with Crippen LogP contribution in [0.5, 0.6) is 0 Å². The van der Waals surface area contributed by atoms with Crippen LogP contribution >= 0.6 is 7.82 Å². The van der Waals surface area contributed by atoms with Gasteiger partial charge < -0.3 is 14.4 Å². The van der Waals surface area contributed by atoms with Gasteiger partial charge in [-0.25, -0.2) is 0 Å². The van der Waals surface area contributed by atoms with E-state index >= 15 is 0 Å². The Kier molecular flexibility index (Phi) is 1.91. The number of phosphoric acid groups is 1. The van der Waals surface area contributed by atoms with E-state index in [9.17, 15) is 14.4 Å². The van der Waals surface area contributed by atoms with Gasteiger partial charge in [-0.1, -0.05) is 0 Å². The summed E-state index contributed by atoms with van der Waals surface area (Å²) in [7, 11) is -5.42. The molecule has 0 radical (unpaired) electrons. The van der Waals surface area contributed by atoms with Gasteiger partial charge in [0.2, 0.25) is 0 Å². The third kappa shape index (κ3) is 5.35. The maximum absolute atomic E-state index is 9.25. The third-order valence-electron chi connectivity index (χ3n) is 0.167. The van der Waals surface area contributed by atoms with E-state index in [2.05, 4.69) is 4.62 Å². The summed E-state index contributed by atoms with van der Waals surface area (Å²) in [6, 6.07) is 0. The number of nitrogens with zero attached hydrogens (tertiary/aromatic N) is 1. The Balaban J connectivity index is 3.74. The molecule has 0 unspecified atom stereocenters. The highest BCUT2D eigenvalue weighted by Crippen LogP contribution is 2.23. The van der Waals surface area contributed by atoms with Crippen LogP contribution in [0.4, 0.5) is 0 Å². The lowest BCUT2D eigenvalue weighted by atomic mass is 13.1. The van der Waals surface area contributed by atoms with Crippen LogP contribution in [-0.2, 0) is 9.19 Å². The van der Waals surface area contributed by atoms with Crippen LogP contribution in [0, 0.1) is 10.1 Å². The minimum atomic E-state index is -5.42. The van der Waals surface area contributed by atoms with Crippen LogP contribution < -0.4 is 9.79 Å². The highest BCUT2D eigenvalue weighted by Gasteiger charge is 1.95. The fraction of sp³-hybridized carbons (Fsp3) is 0. The van der Waals surface area contributed by atoms with Gasteiger partial charge in [0.25, 0.3) is 5.09 Å². The molecule has 7 nitrogen and oxygen atoms in total. The summed E-state index contributed by atoms with van der Waals surface area (Å²) in [5, 5.41) is 7.35. The van der Waals surface area contributed by atoms with Crippen LogP contribution in [0.3, 0.4) is 0 Å². The van der Waals surface area contributed by atoms with Gasteiger partial charge >= 0.3 is 0 Å². The van der Waals surface area contributed by atoms with Gasteiger partial charge in [-0.2, -0.15) is 0 Å². The smallest absolute Gasteiger partial charge is 0.298 e. The SMILES string of the molecule is O=[N+]([O-])OP(=O)([O-])[O-]. The predicted molar refractivity (Wildman–Crippen MR) is 15.7 cm³/mol. The van der Waals surface area contributed by atoms with Crippen molar-refractivity contribution in [3.63, 3.8) is 0 Å². The van der Waals surface area contributed by atoms with Crippen molar-refractivity contribution in [3.8, 4) is 0 Å². The summed E-state index contributed by atoms with van der Waals surface area (Å²) in [6.45, 7) is 0. The van der Waals surface area contributed by atoms with Gasteiger partial charge in [0.1, 0.15) is 7.82 Å². The van der Waals surface area contributed by atoms with Crippen molar-refractivity contribution in [2.75, 3.05) is 0 Å². The van der Waals surface area contributed by atoms with E-state index in [0.29, 0.717) is 0 Å². The average molecular weight is 141 g/mol. The zero-order chi connectivity index (χ0) is 6.78. The molecular formula is NO6P-2. The molecule has 0 atom stereocenters. The largest absolute Gasteiger partial charge is 0.791 e. The van der Waals surface area contributed by atoms with Crippen molar-refractivity contribution in [1.29, 1.82) is 0 Å². The molecule has 48 valence electrons. The molecule has 0 spiro atoms. The van der Waals surface area contributed by atoms with Crippen molar-refractivity contribution < 1.29 is 24.1 Å². The van der Waals surface area contributed by atoms with E-state index in [1.807, 2.05) is 0 Å².